The number of nitriles is 1. The Morgan fingerprint density at radius 3 is 1.40 bits per heavy atom. The third kappa shape index (κ3) is 3.60. The molecule has 0 atom stereocenters. The first kappa shape index (κ1) is 15.8. The van der Waals surface area contributed by atoms with Crippen molar-refractivity contribution in [2.24, 2.45) is 0 Å². The molecule has 0 fully saturated rings. The largest absolute Gasteiger partial charge is 1.00 e. The van der Waals surface area contributed by atoms with Crippen molar-refractivity contribution in [3.63, 3.8) is 0 Å². The molecule has 0 aliphatic heterocycles. The van der Waals surface area contributed by atoms with Gasteiger partial charge in [-0.15, -0.1) is 16.8 Å². The van der Waals surface area contributed by atoms with E-state index >= 15 is 0 Å². The number of hydrogen-bond donors (Lipinski definition) is 3. The van der Waals surface area contributed by atoms with Crippen LogP contribution in [0.2, 0.25) is 0 Å². The van der Waals surface area contributed by atoms with Gasteiger partial charge < -0.3 is 15.3 Å². The minimum Gasteiger partial charge on any atom is -0.324 e. The third-order valence-electron chi connectivity index (χ3n) is 2.50. The Balaban J connectivity index is 0.000000462. The van der Waals surface area contributed by atoms with Crippen LogP contribution in [0.4, 0.5) is 0 Å². The summed E-state index contributed by atoms with van der Waals surface area (Å²) in [5, 5.41) is 28.1. The minimum atomic E-state index is 0. The zero-order chi connectivity index (χ0) is 13.5. The molecule has 0 bridgehead atoms. The molecule has 3 aromatic heterocycles. The number of nitrogens with zero attached hydrogens (tertiary/aromatic N) is 4. The smallest absolute Gasteiger partial charge is 0.324 e. The summed E-state index contributed by atoms with van der Waals surface area (Å²) in [6.45, 7) is 1.47. The second-order valence-corrected chi connectivity index (χ2v) is 3.69. The summed E-state index contributed by atoms with van der Waals surface area (Å²) in [6, 6.07) is 7.56. The summed E-state index contributed by atoms with van der Waals surface area (Å²) in [4.78, 5) is 0. The molecule has 0 saturated carbocycles. The van der Waals surface area contributed by atoms with E-state index in [4.69, 9.17) is 5.26 Å². The third-order valence-corrected chi connectivity index (χ3v) is 2.50. The summed E-state index contributed by atoms with van der Waals surface area (Å²) in [5.41, 5.74) is 2.98. The standard InChI is InChI=1S/C9H9BN6.C2H3N.Cu/c1-4-11-14-7(1)10(8-2-5-12-15-8)9-3-6-13-16-9;1-2-3;/h1-6H,(H,11,14)(H,12,15)(H,13,16);1H3;/q-1;;+1. The van der Waals surface area contributed by atoms with E-state index in [0.29, 0.717) is 0 Å². The summed E-state index contributed by atoms with van der Waals surface area (Å²) in [5.74, 6) is 0. The Morgan fingerprint density at radius 1 is 0.900 bits per heavy atom. The summed E-state index contributed by atoms with van der Waals surface area (Å²) in [6.07, 6.45) is 5.19. The van der Waals surface area contributed by atoms with E-state index in [-0.39, 0.29) is 23.8 Å². The molecule has 0 aliphatic carbocycles. The topological polar surface area (TPSA) is 110 Å². The van der Waals surface area contributed by atoms with Crippen molar-refractivity contribution in [1.82, 2.24) is 30.6 Å². The van der Waals surface area contributed by atoms with Gasteiger partial charge in [0.05, 0.1) is 6.07 Å². The fourth-order valence-corrected chi connectivity index (χ4v) is 1.78. The van der Waals surface area contributed by atoms with Gasteiger partial charge in [0.1, 0.15) is 0 Å². The van der Waals surface area contributed by atoms with Crippen LogP contribution >= 0.6 is 0 Å². The van der Waals surface area contributed by atoms with Gasteiger partial charge in [-0.05, 0) is 0 Å². The van der Waals surface area contributed by atoms with Gasteiger partial charge in [-0.25, -0.2) is 0 Å². The van der Waals surface area contributed by atoms with Gasteiger partial charge in [0.25, 0.3) is 0 Å². The van der Waals surface area contributed by atoms with Crippen LogP contribution in [0.5, 0.6) is 0 Å². The fraction of sp³-hybridized carbons (Fsp3) is 0.0909. The first-order chi connectivity index (χ1) is 9.36. The van der Waals surface area contributed by atoms with Gasteiger partial charge in [0, 0.05) is 32.2 Å². The van der Waals surface area contributed by atoms with Crippen molar-refractivity contribution in [3.05, 3.63) is 36.8 Å². The van der Waals surface area contributed by atoms with Crippen molar-refractivity contribution in [2.45, 2.75) is 6.92 Å². The second kappa shape index (κ2) is 7.99. The van der Waals surface area contributed by atoms with Gasteiger partial charge >= 0.3 is 17.1 Å². The molecule has 0 spiro atoms. The molecular formula is C11H12BCuN7. The first-order valence-corrected chi connectivity index (χ1v) is 5.65. The number of hydrogen-bond acceptors (Lipinski definition) is 4. The molecule has 20 heavy (non-hydrogen) atoms. The maximum Gasteiger partial charge on any atom is 1.00 e. The Morgan fingerprint density at radius 2 is 1.20 bits per heavy atom. The predicted octanol–water partition coefficient (Wildman–Crippen LogP) is -1.10. The molecule has 1 radical (unpaired) electrons. The molecular weight excluding hydrogens is 305 g/mol. The number of aromatic nitrogens is 6. The average Bonchev–Trinajstić information content (AvgIpc) is 3.15. The van der Waals surface area contributed by atoms with E-state index in [9.17, 15) is 0 Å². The van der Waals surface area contributed by atoms with Crippen LogP contribution in [0.3, 0.4) is 0 Å². The van der Waals surface area contributed by atoms with Crippen LogP contribution in [-0.2, 0) is 17.1 Å². The minimum absolute atomic E-state index is 0. The van der Waals surface area contributed by atoms with Crippen molar-refractivity contribution in [3.8, 4) is 6.07 Å². The Bertz CT molecular complexity index is 531. The van der Waals surface area contributed by atoms with E-state index in [1.807, 2.05) is 18.2 Å². The molecule has 0 aliphatic rings. The average molecular weight is 317 g/mol. The first-order valence-electron chi connectivity index (χ1n) is 5.65. The van der Waals surface area contributed by atoms with Crippen molar-refractivity contribution in [2.75, 3.05) is 0 Å². The number of rotatable bonds is 3. The van der Waals surface area contributed by atoms with Crippen LogP contribution in [0.1, 0.15) is 6.92 Å². The van der Waals surface area contributed by atoms with E-state index in [1.165, 1.54) is 6.92 Å². The van der Waals surface area contributed by atoms with Crippen molar-refractivity contribution in [1.29, 1.82) is 5.26 Å². The fourth-order valence-electron chi connectivity index (χ4n) is 1.78. The molecule has 3 rings (SSSR count). The molecule has 3 N–H and O–H groups in total. The Labute approximate surface area is 126 Å². The monoisotopic (exact) mass is 316 g/mol. The van der Waals surface area contributed by atoms with Gasteiger partial charge in [0.2, 0.25) is 0 Å². The molecule has 0 amide bonds. The predicted molar refractivity (Wildman–Crippen MR) is 71.7 cm³/mol. The number of H-pyrrole nitrogens is 3. The van der Waals surface area contributed by atoms with Crippen LogP contribution < -0.4 is 16.8 Å². The molecule has 105 valence electrons. The second-order valence-electron chi connectivity index (χ2n) is 3.69. The molecule has 7 nitrogen and oxygen atoms in total. The molecule has 3 heterocycles. The van der Waals surface area contributed by atoms with Gasteiger partial charge in [-0.1, -0.05) is 18.2 Å². The SMILES string of the molecule is CC#N.[Cu+].c1cc([B-](c2ccn[nH]2)c2ccn[nH]2)[nH]n1. The van der Waals surface area contributed by atoms with Gasteiger partial charge in [-0.2, -0.15) is 20.6 Å². The van der Waals surface area contributed by atoms with Crippen molar-refractivity contribution < 1.29 is 17.1 Å². The van der Waals surface area contributed by atoms with Gasteiger partial charge in [0.15, 0.2) is 0 Å². The summed E-state index contributed by atoms with van der Waals surface area (Å²) >= 11 is 0. The molecule has 0 unspecified atom stereocenters. The van der Waals surface area contributed by atoms with Crippen LogP contribution in [-0.4, -0.2) is 37.3 Å². The van der Waals surface area contributed by atoms with E-state index in [0.717, 1.165) is 16.8 Å². The molecule has 9 heteroatoms. The maximum absolute atomic E-state index is 7.32. The van der Waals surface area contributed by atoms with Crippen LogP contribution in [0, 0.1) is 11.3 Å². The normalized spacial score (nSPS) is 9.25. The quantitative estimate of drug-likeness (QED) is 0.533. The maximum atomic E-state index is 7.32. The number of nitrogens with one attached hydrogen (secondary N) is 3. The van der Waals surface area contributed by atoms with Crippen LogP contribution in [0.15, 0.2) is 36.8 Å². The van der Waals surface area contributed by atoms with Gasteiger partial charge in [-0.3, -0.25) is 0 Å². The zero-order valence-corrected chi connectivity index (χ0v) is 11.6. The van der Waals surface area contributed by atoms with E-state index in [2.05, 4.69) is 30.6 Å². The van der Waals surface area contributed by atoms with E-state index in [1.54, 1.807) is 24.7 Å². The van der Waals surface area contributed by atoms with Crippen LogP contribution in [0.25, 0.3) is 0 Å². The summed E-state index contributed by atoms with van der Waals surface area (Å²) < 4.78 is 0. The Hall–Kier alpha value is -2.30. The number of aromatic amines is 3. The molecule has 0 saturated heterocycles. The van der Waals surface area contributed by atoms with E-state index < -0.39 is 0 Å². The molecule has 0 aromatic carbocycles. The van der Waals surface area contributed by atoms with Crippen molar-refractivity contribution >= 4 is 23.5 Å². The Kier molecular flexibility index (Phi) is 6.30. The zero-order valence-electron chi connectivity index (χ0n) is 10.6. The molecule has 3 aromatic rings. The summed E-state index contributed by atoms with van der Waals surface area (Å²) in [7, 11) is 0.